The minimum Gasteiger partial charge on any atom is -0.397 e. The van der Waals surface area contributed by atoms with E-state index in [0.717, 1.165) is 6.07 Å². The summed E-state index contributed by atoms with van der Waals surface area (Å²) < 4.78 is 62.3. The number of benzene rings is 1. The summed E-state index contributed by atoms with van der Waals surface area (Å²) in [5, 5.41) is 0. The smallest absolute Gasteiger partial charge is 0.397 e. The van der Waals surface area contributed by atoms with Crippen molar-refractivity contribution in [2.75, 3.05) is 5.73 Å². The highest BCUT2D eigenvalue weighted by Crippen LogP contribution is 2.30. The highest BCUT2D eigenvalue weighted by atomic mass is 32.2. The molecule has 21 heavy (non-hydrogen) atoms. The van der Waals surface area contributed by atoms with Gasteiger partial charge in [-0.25, -0.2) is 12.7 Å². The van der Waals surface area contributed by atoms with Crippen LogP contribution in [-0.2, 0) is 14.8 Å². The van der Waals surface area contributed by atoms with Gasteiger partial charge in [0.15, 0.2) is 0 Å². The fourth-order valence-electron chi connectivity index (χ4n) is 1.73. The summed E-state index contributed by atoms with van der Waals surface area (Å²) >= 11 is 0. The molecule has 0 saturated heterocycles. The minimum atomic E-state index is -5.30. The number of para-hydroxylation sites is 1. The van der Waals surface area contributed by atoms with Crippen molar-refractivity contribution >= 4 is 21.6 Å². The van der Waals surface area contributed by atoms with Crippen molar-refractivity contribution in [2.45, 2.75) is 37.9 Å². The molecule has 0 radical (unpaired) electrons. The number of amides is 1. The normalized spacial score (nSPS) is 12.5. The van der Waals surface area contributed by atoms with Gasteiger partial charge in [-0.2, -0.15) is 13.2 Å². The molecule has 0 atom stereocenters. The van der Waals surface area contributed by atoms with Gasteiger partial charge in [0.05, 0.1) is 5.69 Å². The molecule has 0 aliphatic carbocycles. The summed E-state index contributed by atoms with van der Waals surface area (Å²) in [7, 11) is -4.70. The van der Waals surface area contributed by atoms with Crippen LogP contribution >= 0.6 is 0 Å². The van der Waals surface area contributed by atoms with E-state index in [1.807, 2.05) is 0 Å². The molecule has 0 heterocycles. The lowest BCUT2D eigenvalue weighted by atomic mass is 10.2. The Kier molecular flexibility index (Phi) is 4.57. The molecule has 1 aromatic carbocycles. The van der Waals surface area contributed by atoms with Crippen LogP contribution in [0, 0.1) is 6.92 Å². The molecule has 0 bridgehead atoms. The van der Waals surface area contributed by atoms with Crippen molar-refractivity contribution in [3.8, 4) is 0 Å². The lowest BCUT2D eigenvalue weighted by Gasteiger charge is -2.27. The van der Waals surface area contributed by atoms with E-state index in [2.05, 4.69) is 0 Å². The lowest BCUT2D eigenvalue weighted by molar-refractivity contribution is -0.181. The first-order valence-electron chi connectivity index (χ1n) is 5.91. The van der Waals surface area contributed by atoms with Crippen LogP contribution in [0.3, 0.4) is 0 Å². The lowest BCUT2D eigenvalue weighted by Crippen LogP contribution is -2.48. The standard InChI is InChI=1S/C12H15F3N2O3S/c1-7(2)17(11(18)12(13,14)15)21(19,20)9-6-4-5-8(3)10(9)16/h4-7H,16H2,1-3H3. The molecule has 0 saturated carbocycles. The van der Waals surface area contributed by atoms with E-state index < -0.39 is 33.0 Å². The van der Waals surface area contributed by atoms with Crippen LogP contribution in [-0.4, -0.2) is 30.8 Å². The number of halogens is 3. The molecule has 1 amide bonds. The van der Waals surface area contributed by atoms with Crippen molar-refractivity contribution in [2.24, 2.45) is 0 Å². The number of nitrogens with two attached hydrogens (primary N) is 1. The molecule has 0 spiro atoms. The third kappa shape index (κ3) is 3.29. The molecule has 0 aliphatic rings. The summed E-state index contributed by atoms with van der Waals surface area (Å²) in [6, 6.07) is 2.72. The van der Waals surface area contributed by atoms with E-state index in [-0.39, 0.29) is 9.99 Å². The largest absolute Gasteiger partial charge is 0.472 e. The number of sulfonamides is 1. The predicted molar refractivity (Wildman–Crippen MR) is 70.8 cm³/mol. The van der Waals surface area contributed by atoms with Gasteiger partial charge < -0.3 is 5.73 Å². The SMILES string of the molecule is Cc1cccc(S(=O)(=O)N(C(=O)C(F)(F)F)C(C)C)c1N. The fourth-order valence-corrected chi connectivity index (χ4v) is 3.51. The van der Waals surface area contributed by atoms with Crippen LogP contribution in [0.1, 0.15) is 19.4 Å². The van der Waals surface area contributed by atoms with E-state index in [9.17, 15) is 26.4 Å². The molecule has 1 rings (SSSR count). The number of rotatable bonds is 3. The number of alkyl halides is 3. The number of carbonyl (C=O) groups excluding carboxylic acids is 1. The second kappa shape index (κ2) is 5.55. The van der Waals surface area contributed by atoms with Crippen LogP contribution in [0.2, 0.25) is 0 Å². The van der Waals surface area contributed by atoms with Gasteiger partial charge >= 0.3 is 12.1 Å². The van der Waals surface area contributed by atoms with Crippen molar-refractivity contribution in [1.29, 1.82) is 0 Å². The van der Waals surface area contributed by atoms with Crippen molar-refractivity contribution < 1.29 is 26.4 Å². The van der Waals surface area contributed by atoms with Gasteiger partial charge in [-0.3, -0.25) is 4.79 Å². The predicted octanol–water partition coefficient (Wildman–Crippen LogP) is 2.07. The van der Waals surface area contributed by atoms with Crippen molar-refractivity contribution in [3.63, 3.8) is 0 Å². The van der Waals surface area contributed by atoms with Gasteiger partial charge in [0.2, 0.25) is 0 Å². The fraction of sp³-hybridized carbons (Fsp3) is 0.417. The molecule has 5 nitrogen and oxygen atoms in total. The van der Waals surface area contributed by atoms with E-state index in [4.69, 9.17) is 5.73 Å². The van der Waals surface area contributed by atoms with Crippen LogP contribution < -0.4 is 5.73 Å². The first kappa shape index (κ1) is 17.3. The second-order valence-corrected chi connectivity index (χ2v) is 6.47. The monoisotopic (exact) mass is 324 g/mol. The first-order valence-corrected chi connectivity index (χ1v) is 7.35. The highest BCUT2D eigenvalue weighted by Gasteiger charge is 2.48. The van der Waals surface area contributed by atoms with Crippen molar-refractivity contribution in [1.82, 2.24) is 4.31 Å². The Balaban J connectivity index is 3.51. The van der Waals surface area contributed by atoms with Crippen LogP contribution in [0.4, 0.5) is 18.9 Å². The van der Waals surface area contributed by atoms with Gasteiger partial charge in [0.1, 0.15) is 4.90 Å². The Bertz CT molecular complexity index is 654. The summed E-state index contributed by atoms with van der Waals surface area (Å²) in [6.45, 7) is 3.86. The molecule has 0 aliphatic heterocycles. The van der Waals surface area contributed by atoms with E-state index >= 15 is 0 Å². The maximum atomic E-state index is 12.6. The third-order valence-corrected chi connectivity index (χ3v) is 4.75. The third-order valence-electron chi connectivity index (χ3n) is 2.73. The summed E-state index contributed by atoms with van der Waals surface area (Å²) in [5.74, 6) is -2.45. The molecule has 0 fully saturated rings. The van der Waals surface area contributed by atoms with Gasteiger partial charge in [0, 0.05) is 6.04 Å². The topological polar surface area (TPSA) is 80.5 Å². The van der Waals surface area contributed by atoms with E-state index in [0.29, 0.717) is 5.56 Å². The Morgan fingerprint density at radius 3 is 2.24 bits per heavy atom. The number of anilines is 1. The zero-order valence-corrected chi connectivity index (χ0v) is 12.4. The van der Waals surface area contributed by atoms with Crippen LogP contribution in [0.5, 0.6) is 0 Å². The minimum absolute atomic E-state index is 0.182. The Morgan fingerprint density at radius 1 is 1.29 bits per heavy atom. The molecule has 1 aromatic rings. The molecular formula is C12H15F3N2O3S. The number of nitrogens with zero attached hydrogens (tertiary/aromatic N) is 1. The Morgan fingerprint density at radius 2 is 1.81 bits per heavy atom. The number of nitrogen functional groups attached to an aromatic ring is 1. The maximum Gasteiger partial charge on any atom is 0.472 e. The summed E-state index contributed by atoms with van der Waals surface area (Å²) in [6.07, 6.45) is -5.30. The average molecular weight is 324 g/mol. The average Bonchev–Trinajstić information content (AvgIpc) is 2.30. The second-order valence-electron chi connectivity index (χ2n) is 4.68. The van der Waals surface area contributed by atoms with Gasteiger partial charge in [-0.1, -0.05) is 12.1 Å². The van der Waals surface area contributed by atoms with E-state index in [1.165, 1.54) is 32.9 Å². The van der Waals surface area contributed by atoms with Gasteiger partial charge in [0.25, 0.3) is 10.0 Å². The number of aryl methyl sites for hydroxylation is 1. The first-order chi connectivity index (χ1) is 9.40. The molecule has 2 N–H and O–H groups in total. The highest BCUT2D eigenvalue weighted by molar-refractivity contribution is 7.89. The van der Waals surface area contributed by atoms with Crippen molar-refractivity contribution in [3.05, 3.63) is 23.8 Å². The summed E-state index contributed by atoms with van der Waals surface area (Å²) in [4.78, 5) is 10.9. The number of carbonyl (C=O) groups is 1. The van der Waals surface area contributed by atoms with Gasteiger partial charge in [-0.15, -0.1) is 0 Å². The number of hydrogen-bond acceptors (Lipinski definition) is 4. The summed E-state index contributed by atoms with van der Waals surface area (Å²) in [5.41, 5.74) is 5.82. The van der Waals surface area contributed by atoms with Crippen LogP contribution in [0.25, 0.3) is 0 Å². The Hall–Kier alpha value is -1.77. The quantitative estimate of drug-likeness (QED) is 0.863. The van der Waals surface area contributed by atoms with Gasteiger partial charge in [-0.05, 0) is 32.4 Å². The molecule has 0 aromatic heterocycles. The molecule has 0 unspecified atom stereocenters. The molecular weight excluding hydrogens is 309 g/mol. The zero-order chi connectivity index (χ0) is 16.6. The molecule has 9 heteroatoms. The van der Waals surface area contributed by atoms with E-state index in [1.54, 1.807) is 0 Å². The zero-order valence-electron chi connectivity index (χ0n) is 11.6. The Labute approximate surface area is 120 Å². The number of hydrogen-bond donors (Lipinski definition) is 1. The molecule has 118 valence electrons. The van der Waals surface area contributed by atoms with Crippen LogP contribution in [0.15, 0.2) is 23.1 Å². The maximum absolute atomic E-state index is 12.6.